The summed E-state index contributed by atoms with van der Waals surface area (Å²) < 4.78 is 0. The molecule has 0 amide bonds. The van der Waals surface area contributed by atoms with E-state index in [4.69, 9.17) is 0 Å². The second-order valence-corrected chi connectivity index (χ2v) is 6.84. The Morgan fingerprint density at radius 1 is 1.22 bits per heavy atom. The van der Waals surface area contributed by atoms with E-state index in [1.807, 2.05) is 0 Å². The predicted molar refractivity (Wildman–Crippen MR) is 112 cm³/mol. The minimum Gasteiger partial charge on any atom is -0.357 e. The zero-order valence-corrected chi connectivity index (χ0v) is 17.4. The molecule has 2 rings (SSSR count). The molecule has 6 heteroatoms. The van der Waals surface area contributed by atoms with E-state index in [0.29, 0.717) is 0 Å². The third-order valence-electron chi connectivity index (χ3n) is 3.96. The van der Waals surface area contributed by atoms with Crippen molar-refractivity contribution in [3.8, 4) is 0 Å². The third-order valence-corrected chi connectivity index (χ3v) is 4.82. The van der Waals surface area contributed by atoms with Gasteiger partial charge in [-0.15, -0.1) is 35.3 Å². The average molecular weight is 450 g/mol. The first-order valence-corrected chi connectivity index (χ1v) is 9.53. The molecular formula is C17H31IN4S. The molecule has 1 aliphatic rings. The van der Waals surface area contributed by atoms with Crippen LogP contribution >= 0.6 is 35.3 Å². The molecule has 1 fully saturated rings. The molecule has 0 radical (unpaired) electrons. The minimum absolute atomic E-state index is 0. The van der Waals surface area contributed by atoms with Crippen LogP contribution in [0.2, 0.25) is 0 Å². The number of aliphatic imine (C=N–C) groups is 1. The van der Waals surface area contributed by atoms with Gasteiger partial charge in [0, 0.05) is 18.0 Å². The number of halogens is 1. The van der Waals surface area contributed by atoms with Crippen molar-refractivity contribution in [1.82, 2.24) is 15.5 Å². The van der Waals surface area contributed by atoms with Crippen LogP contribution < -0.4 is 10.6 Å². The highest BCUT2D eigenvalue weighted by atomic mass is 127. The highest BCUT2D eigenvalue weighted by Gasteiger charge is 2.08. The van der Waals surface area contributed by atoms with E-state index in [1.165, 1.54) is 56.6 Å². The molecule has 23 heavy (non-hydrogen) atoms. The number of thiophene rings is 1. The smallest absolute Gasteiger partial charge is 0.191 e. The van der Waals surface area contributed by atoms with Gasteiger partial charge in [0.2, 0.25) is 0 Å². The molecule has 0 unspecified atom stereocenters. The highest BCUT2D eigenvalue weighted by molar-refractivity contribution is 14.0. The number of nitrogens with one attached hydrogen (secondary N) is 2. The van der Waals surface area contributed by atoms with Crippen LogP contribution in [0.5, 0.6) is 0 Å². The van der Waals surface area contributed by atoms with Crippen molar-refractivity contribution in [3.05, 3.63) is 22.4 Å². The molecule has 0 bridgehead atoms. The summed E-state index contributed by atoms with van der Waals surface area (Å²) in [5.74, 6) is 0.937. The molecule has 1 aromatic rings. The van der Waals surface area contributed by atoms with Crippen LogP contribution in [-0.4, -0.2) is 43.6 Å². The molecule has 2 heterocycles. The number of hydrogen-bond donors (Lipinski definition) is 2. The van der Waals surface area contributed by atoms with Gasteiger partial charge in [-0.05, 0) is 57.3 Å². The number of hydrogen-bond acceptors (Lipinski definition) is 3. The zero-order chi connectivity index (χ0) is 15.5. The molecular weight excluding hydrogens is 419 g/mol. The normalized spacial score (nSPS) is 16.5. The van der Waals surface area contributed by atoms with Crippen molar-refractivity contribution in [2.24, 2.45) is 4.99 Å². The summed E-state index contributed by atoms with van der Waals surface area (Å²) in [5.41, 5.74) is 0. The highest BCUT2D eigenvalue weighted by Crippen LogP contribution is 2.10. The van der Waals surface area contributed by atoms with E-state index >= 15 is 0 Å². The fourth-order valence-electron chi connectivity index (χ4n) is 2.77. The maximum atomic E-state index is 4.65. The molecule has 0 aromatic carbocycles. The van der Waals surface area contributed by atoms with Gasteiger partial charge in [-0.25, -0.2) is 4.99 Å². The molecule has 132 valence electrons. The first kappa shape index (κ1) is 20.7. The second-order valence-electron chi connectivity index (χ2n) is 5.81. The summed E-state index contributed by atoms with van der Waals surface area (Å²) in [4.78, 5) is 8.57. The van der Waals surface area contributed by atoms with Gasteiger partial charge in [-0.3, -0.25) is 0 Å². The number of likely N-dealkylation sites (tertiary alicyclic amines) is 1. The van der Waals surface area contributed by atoms with Crippen molar-refractivity contribution in [2.75, 3.05) is 32.7 Å². The van der Waals surface area contributed by atoms with Crippen molar-refractivity contribution in [3.63, 3.8) is 0 Å². The van der Waals surface area contributed by atoms with Gasteiger partial charge in [0.25, 0.3) is 0 Å². The molecule has 2 N–H and O–H groups in total. The Balaban J connectivity index is 0.00000264. The fraction of sp³-hybridized carbons (Fsp3) is 0.706. The van der Waals surface area contributed by atoms with E-state index in [2.05, 4.69) is 45.0 Å². The molecule has 0 saturated carbocycles. The summed E-state index contributed by atoms with van der Waals surface area (Å²) >= 11 is 1.76. The molecule has 0 atom stereocenters. The number of guanidine groups is 1. The van der Waals surface area contributed by atoms with E-state index in [1.54, 1.807) is 11.3 Å². The lowest BCUT2D eigenvalue weighted by Gasteiger charge is -2.20. The van der Waals surface area contributed by atoms with Gasteiger partial charge in [0.15, 0.2) is 5.96 Å². The van der Waals surface area contributed by atoms with Crippen LogP contribution in [0, 0.1) is 0 Å². The zero-order valence-electron chi connectivity index (χ0n) is 14.2. The lowest BCUT2D eigenvalue weighted by molar-refractivity contribution is 0.282. The minimum atomic E-state index is 0. The lowest BCUT2D eigenvalue weighted by Crippen LogP contribution is -2.38. The predicted octanol–water partition coefficient (Wildman–Crippen LogP) is 3.69. The van der Waals surface area contributed by atoms with Crippen molar-refractivity contribution in [2.45, 2.75) is 45.6 Å². The van der Waals surface area contributed by atoms with E-state index < -0.39 is 0 Å². The first-order chi connectivity index (χ1) is 10.9. The fourth-order valence-corrected chi connectivity index (χ4v) is 3.40. The maximum absolute atomic E-state index is 4.65. The Labute approximate surface area is 162 Å². The van der Waals surface area contributed by atoms with Gasteiger partial charge >= 0.3 is 0 Å². The lowest BCUT2D eigenvalue weighted by atomic mass is 10.2. The van der Waals surface area contributed by atoms with Gasteiger partial charge in [-0.2, -0.15) is 0 Å². The Hall–Kier alpha value is -0.340. The van der Waals surface area contributed by atoms with Crippen molar-refractivity contribution in [1.29, 1.82) is 0 Å². The van der Waals surface area contributed by atoms with Crippen LogP contribution in [0.4, 0.5) is 0 Å². The first-order valence-electron chi connectivity index (χ1n) is 8.65. The molecule has 0 spiro atoms. The molecule has 1 aliphatic heterocycles. The SMILES string of the molecule is CCNC(=NCc1cccs1)NCCCN1CCCCCC1.I. The van der Waals surface area contributed by atoms with Gasteiger partial charge in [0.05, 0.1) is 6.54 Å². The van der Waals surface area contributed by atoms with Crippen LogP contribution in [0.3, 0.4) is 0 Å². The summed E-state index contributed by atoms with van der Waals surface area (Å²) in [6.07, 6.45) is 6.75. The van der Waals surface area contributed by atoms with Crippen molar-refractivity contribution < 1.29 is 0 Å². The van der Waals surface area contributed by atoms with Crippen LogP contribution in [0.25, 0.3) is 0 Å². The van der Waals surface area contributed by atoms with Crippen LogP contribution in [0.15, 0.2) is 22.5 Å². The Kier molecular flexibility index (Phi) is 11.7. The number of nitrogens with zero attached hydrogens (tertiary/aromatic N) is 2. The van der Waals surface area contributed by atoms with Gasteiger partial charge in [0.1, 0.15) is 0 Å². The molecule has 1 saturated heterocycles. The van der Waals surface area contributed by atoms with Crippen LogP contribution in [-0.2, 0) is 6.54 Å². The topological polar surface area (TPSA) is 39.7 Å². The summed E-state index contributed by atoms with van der Waals surface area (Å²) in [7, 11) is 0. The van der Waals surface area contributed by atoms with E-state index in [9.17, 15) is 0 Å². The molecule has 1 aromatic heterocycles. The Bertz CT molecular complexity index is 414. The van der Waals surface area contributed by atoms with Crippen molar-refractivity contribution >= 4 is 41.3 Å². The quantitative estimate of drug-likeness (QED) is 0.288. The number of rotatable bonds is 7. The van der Waals surface area contributed by atoms with Gasteiger partial charge < -0.3 is 15.5 Å². The van der Waals surface area contributed by atoms with E-state index in [0.717, 1.165) is 25.6 Å². The standard InChI is InChI=1S/C17H30N4S.HI/c1-2-18-17(20-15-16-9-7-14-22-16)19-10-8-13-21-11-5-3-4-6-12-21;/h7,9,14H,2-6,8,10-13,15H2,1H3,(H2,18,19,20);1H. The Morgan fingerprint density at radius 2 is 2.00 bits per heavy atom. The summed E-state index contributed by atoms with van der Waals surface area (Å²) in [6.45, 7) is 8.55. The largest absolute Gasteiger partial charge is 0.357 e. The molecule has 0 aliphatic carbocycles. The Morgan fingerprint density at radius 3 is 2.65 bits per heavy atom. The monoisotopic (exact) mass is 450 g/mol. The molecule has 4 nitrogen and oxygen atoms in total. The average Bonchev–Trinajstić information content (AvgIpc) is 2.92. The summed E-state index contributed by atoms with van der Waals surface area (Å²) in [5, 5.41) is 8.88. The van der Waals surface area contributed by atoms with E-state index in [-0.39, 0.29) is 24.0 Å². The van der Waals surface area contributed by atoms with Gasteiger partial charge in [-0.1, -0.05) is 18.9 Å². The van der Waals surface area contributed by atoms with Crippen LogP contribution in [0.1, 0.15) is 43.9 Å². The summed E-state index contributed by atoms with van der Waals surface area (Å²) in [6, 6.07) is 4.22. The second kappa shape index (κ2) is 13.0. The maximum Gasteiger partial charge on any atom is 0.191 e. The third kappa shape index (κ3) is 8.91.